The largest absolute Gasteiger partial charge is 0.389 e. The first-order chi connectivity index (χ1) is 8.24. The smallest absolute Gasteiger partial charge is 0.134 e. The number of anilines is 1. The zero-order chi connectivity index (χ0) is 12.3. The van der Waals surface area contributed by atoms with Crippen molar-refractivity contribution in [1.82, 2.24) is 4.98 Å². The first-order valence-corrected chi connectivity index (χ1v) is 6.12. The normalized spacial score (nSPS) is 16.9. The van der Waals surface area contributed by atoms with Crippen molar-refractivity contribution in [1.29, 1.82) is 0 Å². The summed E-state index contributed by atoms with van der Waals surface area (Å²) in [6.45, 7) is 3.30. The Hall–Kier alpha value is -1.13. The maximum Gasteiger partial charge on any atom is 0.134 e. The molecule has 0 saturated heterocycles. The van der Waals surface area contributed by atoms with Crippen molar-refractivity contribution in [2.24, 2.45) is 0 Å². The van der Waals surface area contributed by atoms with Gasteiger partial charge in [-0.15, -0.1) is 0 Å². The van der Waals surface area contributed by atoms with Crippen LogP contribution in [0.4, 0.5) is 5.82 Å². The molecule has 1 aliphatic carbocycles. The Balaban J connectivity index is 2.22. The summed E-state index contributed by atoms with van der Waals surface area (Å²) < 4.78 is 5.14. The van der Waals surface area contributed by atoms with Gasteiger partial charge in [-0.3, -0.25) is 0 Å². The molecule has 1 heterocycles. The topological polar surface area (TPSA) is 45.6 Å². The molecule has 1 aromatic heterocycles. The highest BCUT2D eigenvalue weighted by Crippen LogP contribution is 2.33. The van der Waals surface area contributed by atoms with Gasteiger partial charge in [0.15, 0.2) is 0 Å². The molecule has 4 heteroatoms. The van der Waals surface area contributed by atoms with Crippen molar-refractivity contribution < 1.29 is 9.84 Å². The molecule has 0 spiro atoms. The average molecular weight is 236 g/mol. The summed E-state index contributed by atoms with van der Waals surface area (Å²) in [6.07, 6.45) is 3.71. The average Bonchev–Trinajstić information content (AvgIpc) is 3.14. The number of aliphatic hydroxyl groups excluding tert-OH is 1. The van der Waals surface area contributed by atoms with Gasteiger partial charge in [0.25, 0.3) is 0 Å². The van der Waals surface area contributed by atoms with Crippen molar-refractivity contribution in [2.45, 2.75) is 31.9 Å². The molecule has 1 fully saturated rings. The van der Waals surface area contributed by atoms with E-state index in [4.69, 9.17) is 4.74 Å². The zero-order valence-electron chi connectivity index (χ0n) is 10.5. The minimum absolute atomic E-state index is 0.484. The Morgan fingerprint density at radius 3 is 2.94 bits per heavy atom. The van der Waals surface area contributed by atoms with Gasteiger partial charge < -0.3 is 14.7 Å². The quantitative estimate of drug-likeness (QED) is 0.817. The number of aromatic nitrogens is 1. The Morgan fingerprint density at radius 2 is 2.35 bits per heavy atom. The molecule has 0 radical (unpaired) electrons. The SMILES string of the molecule is COCCN(c1ncccc1[C@H](C)O)C1CC1. The molecular weight excluding hydrogens is 216 g/mol. The van der Waals surface area contributed by atoms with Crippen LogP contribution in [-0.4, -0.2) is 36.4 Å². The minimum atomic E-state index is -0.484. The first-order valence-electron chi connectivity index (χ1n) is 6.12. The number of methoxy groups -OCH3 is 1. The van der Waals surface area contributed by atoms with Crippen LogP contribution < -0.4 is 4.90 Å². The monoisotopic (exact) mass is 236 g/mol. The van der Waals surface area contributed by atoms with Gasteiger partial charge in [0.1, 0.15) is 5.82 Å². The number of pyridine rings is 1. The van der Waals surface area contributed by atoms with Gasteiger partial charge in [0.2, 0.25) is 0 Å². The fourth-order valence-electron chi connectivity index (χ4n) is 2.01. The van der Waals surface area contributed by atoms with Gasteiger partial charge in [-0.05, 0) is 25.8 Å². The zero-order valence-corrected chi connectivity index (χ0v) is 10.5. The predicted octanol–water partition coefficient (Wildman–Crippen LogP) is 1.75. The molecule has 1 N–H and O–H groups in total. The molecular formula is C13H20N2O2. The standard InChI is InChI=1S/C13H20N2O2/c1-10(16)12-4-3-7-14-13(12)15(8-9-17-2)11-5-6-11/h3-4,7,10-11,16H,5-6,8-9H2,1-2H3/t10-/m0/s1. The number of rotatable bonds is 6. The van der Waals surface area contributed by atoms with Gasteiger partial charge in [-0.1, -0.05) is 6.07 Å². The van der Waals surface area contributed by atoms with Crippen LogP contribution in [0.3, 0.4) is 0 Å². The van der Waals surface area contributed by atoms with E-state index in [1.165, 1.54) is 12.8 Å². The van der Waals surface area contributed by atoms with Gasteiger partial charge in [-0.2, -0.15) is 0 Å². The third-order valence-corrected chi connectivity index (χ3v) is 3.06. The van der Waals surface area contributed by atoms with Gasteiger partial charge in [-0.25, -0.2) is 4.98 Å². The van der Waals surface area contributed by atoms with E-state index >= 15 is 0 Å². The van der Waals surface area contributed by atoms with Crippen LogP contribution in [0.15, 0.2) is 18.3 Å². The van der Waals surface area contributed by atoms with Crippen LogP contribution in [0.2, 0.25) is 0 Å². The van der Waals surface area contributed by atoms with E-state index in [9.17, 15) is 5.11 Å². The molecule has 1 saturated carbocycles. The van der Waals surface area contributed by atoms with Crippen molar-refractivity contribution in [3.63, 3.8) is 0 Å². The molecule has 1 aromatic rings. The lowest BCUT2D eigenvalue weighted by atomic mass is 10.1. The Morgan fingerprint density at radius 1 is 1.59 bits per heavy atom. The fraction of sp³-hybridized carbons (Fsp3) is 0.615. The number of nitrogens with zero attached hydrogens (tertiary/aromatic N) is 2. The lowest BCUT2D eigenvalue weighted by Crippen LogP contribution is -2.31. The fourth-order valence-corrected chi connectivity index (χ4v) is 2.01. The second-order valence-corrected chi connectivity index (χ2v) is 4.51. The number of ether oxygens (including phenoxy) is 1. The minimum Gasteiger partial charge on any atom is -0.389 e. The summed E-state index contributed by atoms with van der Waals surface area (Å²) in [5.74, 6) is 0.905. The highest BCUT2D eigenvalue weighted by atomic mass is 16.5. The molecule has 0 amide bonds. The highest BCUT2D eigenvalue weighted by Gasteiger charge is 2.31. The summed E-state index contributed by atoms with van der Waals surface area (Å²) in [5, 5.41) is 9.78. The van der Waals surface area contributed by atoms with Crippen LogP contribution in [0, 0.1) is 0 Å². The summed E-state index contributed by atoms with van der Waals surface area (Å²) in [6, 6.07) is 4.37. The molecule has 0 aromatic carbocycles. The third kappa shape index (κ3) is 2.96. The Labute approximate surface area is 102 Å². The molecule has 1 aliphatic rings. The van der Waals surface area contributed by atoms with Crippen LogP contribution in [0.25, 0.3) is 0 Å². The van der Waals surface area contributed by atoms with E-state index in [1.807, 2.05) is 12.1 Å². The molecule has 0 aliphatic heterocycles. The molecule has 17 heavy (non-hydrogen) atoms. The van der Waals surface area contributed by atoms with Crippen LogP contribution in [-0.2, 0) is 4.74 Å². The molecule has 2 rings (SSSR count). The van der Waals surface area contributed by atoms with Crippen LogP contribution >= 0.6 is 0 Å². The highest BCUT2D eigenvalue weighted by molar-refractivity contribution is 5.49. The lowest BCUT2D eigenvalue weighted by Gasteiger charge is -2.26. The first kappa shape index (κ1) is 12.3. The van der Waals surface area contributed by atoms with E-state index < -0.39 is 6.10 Å². The Kier molecular flexibility index (Phi) is 3.97. The summed E-state index contributed by atoms with van der Waals surface area (Å²) >= 11 is 0. The number of hydrogen-bond acceptors (Lipinski definition) is 4. The lowest BCUT2D eigenvalue weighted by molar-refractivity contribution is 0.196. The maximum absolute atomic E-state index is 9.78. The van der Waals surface area contributed by atoms with E-state index in [1.54, 1.807) is 20.2 Å². The molecule has 0 unspecified atom stereocenters. The van der Waals surface area contributed by atoms with Crippen molar-refractivity contribution in [3.05, 3.63) is 23.9 Å². The van der Waals surface area contributed by atoms with E-state index in [2.05, 4.69) is 9.88 Å². The summed E-state index contributed by atoms with van der Waals surface area (Å²) in [4.78, 5) is 6.68. The van der Waals surface area contributed by atoms with Crippen LogP contribution in [0.5, 0.6) is 0 Å². The second-order valence-electron chi connectivity index (χ2n) is 4.51. The van der Waals surface area contributed by atoms with E-state index in [0.29, 0.717) is 12.6 Å². The van der Waals surface area contributed by atoms with Crippen LogP contribution in [0.1, 0.15) is 31.4 Å². The van der Waals surface area contributed by atoms with Gasteiger partial charge >= 0.3 is 0 Å². The van der Waals surface area contributed by atoms with Crippen molar-refractivity contribution in [2.75, 3.05) is 25.2 Å². The maximum atomic E-state index is 9.78. The summed E-state index contributed by atoms with van der Waals surface area (Å²) in [5.41, 5.74) is 0.899. The number of aliphatic hydroxyl groups is 1. The van der Waals surface area contributed by atoms with Crippen molar-refractivity contribution in [3.8, 4) is 0 Å². The summed E-state index contributed by atoms with van der Waals surface area (Å²) in [7, 11) is 1.71. The van der Waals surface area contributed by atoms with Crippen molar-refractivity contribution >= 4 is 5.82 Å². The van der Waals surface area contributed by atoms with E-state index in [-0.39, 0.29) is 0 Å². The molecule has 94 valence electrons. The third-order valence-electron chi connectivity index (χ3n) is 3.06. The predicted molar refractivity (Wildman–Crippen MR) is 67.1 cm³/mol. The molecule has 0 bridgehead atoms. The Bertz CT molecular complexity index is 364. The van der Waals surface area contributed by atoms with E-state index in [0.717, 1.165) is 17.9 Å². The van der Waals surface area contributed by atoms with Gasteiger partial charge in [0.05, 0.1) is 12.7 Å². The van der Waals surface area contributed by atoms with Gasteiger partial charge in [0, 0.05) is 31.5 Å². The second kappa shape index (κ2) is 5.47. The number of hydrogen-bond donors (Lipinski definition) is 1. The molecule has 1 atom stereocenters. The molecule has 4 nitrogen and oxygen atoms in total.